The van der Waals surface area contributed by atoms with Crippen molar-refractivity contribution in [3.05, 3.63) is 65.0 Å². The van der Waals surface area contributed by atoms with Crippen LogP contribution in [-0.4, -0.2) is 42.1 Å². The zero-order valence-corrected chi connectivity index (χ0v) is 16.6. The van der Waals surface area contributed by atoms with Crippen LogP contribution < -0.4 is 21.0 Å². The van der Waals surface area contributed by atoms with Crippen LogP contribution in [0.25, 0.3) is 22.1 Å². The highest BCUT2D eigenvalue weighted by atomic mass is 16.5. The fourth-order valence-corrected chi connectivity index (χ4v) is 2.88. The van der Waals surface area contributed by atoms with Crippen LogP contribution in [0, 0.1) is 0 Å². The Bertz CT molecular complexity index is 1170. The summed E-state index contributed by atoms with van der Waals surface area (Å²) in [5.41, 5.74) is 1.38. The number of rotatable bonds is 8. The highest BCUT2D eigenvalue weighted by molar-refractivity contribution is 5.94. The minimum Gasteiger partial charge on any atom is -0.481 e. The van der Waals surface area contributed by atoms with Crippen molar-refractivity contribution in [3.8, 4) is 16.9 Å². The Morgan fingerprint density at radius 1 is 1.03 bits per heavy atom. The van der Waals surface area contributed by atoms with Crippen molar-refractivity contribution >= 4 is 28.8 Å². The minimum atomic E-state index is -1.19. The van der Waals surface area contributed by atoms with Gasteiger partial charge in [-0.3, -0.25) is 14.4 Å². The zero-order valence-electron chi connectivity index (χ0n) is 16.6. The molecule has 0 aliphatic heterocycles. The zero-order chi connectivity index (χ0) is 22.4. The summed E-state index contributed by atoms with van der Waals surface area (Å²) in [7, 11) is 0. The van der Waals surface area contributed by atoms with Gasteiger partial charge in [-0.1, -0.05) is 30.3 Å². The number of fused-ring (bicyclic) bond motifs is 1. The standard InChI is InChI=1S/C22H20N2O7/c1-13(22(29)24-11-19(25)23-12-20(26)27)30-15-7-8-16-17(14-5-3-2-4-6-14)10-21(28)31-18(16)9-15/h2-10,13H,11-12H2,1H3,(H,23,25)(H,24,29)(H,26,27)/t13-/m0/s1. The first-order valence-electron chi connectivity index (χ1n) is 9.39. The summed E-state index contributed by atoms with van der Waals surface area (Å²) in [4.78, 5) is 46.1. The number of hydrogen-bond acceptors (Lipinski definition) is 6. The van der Waals surface area contributed by atoms with Gasteiger partial charge in [0.05, 0.1) is 6.54 Å². The number of benzene rings is 2. The summed E-state index contributed by atoms with van der Waals surface area (Å²) < 4.78 is 10.9. The maximum Gasteiger partial charge on any atom is 0.336 e. The number of carbonyl (C=O) groups excluding carboxylic acids is 2. The average molecular weight is 424 g/mol. The Labute approximate surface area is 176 Å². The molecule has 1 heterocycles. The van der Waals surface area contributed by atoms with Crippen LogP contribution in [0.5, 0.6) is 5.75 Å². The normalized spacial score (nSPS) is 11.5. The Hall–Kier alpha value is -4.14. The smallest absolute Gasteiger partial charge is 0.336 e. The summed E-state index contributed by atoms with van der Waals surface area (Å²) in [6, 6.07) is 15.7. The lowest BCUT2D eigenvalue weighted by Crippen LogP contribution is -2.43. The molecule has 3 aromatic rings. The highest BCUT2D eigenvalue weighted by Crippen LogP contribution is 2.29. The van der Waals surface area contributed by atoms with Crippen LogP contribution in [0.15, 0.2) is 63.8 Å². The molecule has 31 heavy (non-hydrogen) atoms. The molecule has 1 atom stereocenters. The van der Waals surface area contributed by atoms with Gasteiger partial charge in [-0.25, -0.2) is 4.79 Å². The lowest BCUT2D eigenvalue weighted by atomic mass is 10.0. The molecule has 0 aliphatic rings. The van der Waals surface area contributed by atoms with E-state index in [1.807, 2.05) is 30.3 Å². The monoisotopic (exact) mass is 424 g/mol. The third-order valence-electron chi connectivity index (χ3n) is 4.34. The maximum absolute atomic E-state index is 12.1. The molecular weight excluding hydrogens is 404 g/mol. The van der Waals surface area contributed by atoms with E-state index < -0.39 is 36.1 Å². The first-order chi connectivity index (χ1) is 14.8. The van der Waals surface area contributed by atoms with Gasteiger partial charge in [-0.05, 0) is 30.2 Å². The van der Waals surface area contributed by atoms with Crippen molar-refractivity contribution in [1.29, 1.82) is 0 Å². The predicted molar refractivity (Wildman–Crippen MR) is 112 cm³/mol. The van der Waals surface area contributed by atoms with Crippen LogP contribution >= 0.6 is 0 Å². The van der Waals surface area contributed by atoms with Gasteiger partial charge in [0.2, 0.25) is 5.91 Å². The molecule has 0 unspecified atom stereocenters. The van der Waals surface area contributed by atoms with E-state index in [0.29, 0.717) is 16.7 Å². The number of aliphatic carboxylic acids is 1. The van der Waals surface area contributed by atoms with Crippen molar-refractivity contribution in [2.75, 3.05) is 13.1 Å². The SMILES string of the molecule is C[C@H](Oc1ccc2c(-c3ccccc3)cc(=O)oc2c1)C(=O)NCC(=O)NCC(=O)O. The second-order valence-electron chi connectivity index (χ2n) is 6.65. The Morgan fingerprint density at radius 3 is 2.48 bits per heavy atom. The van der Waals surface area contributed by atoms with Gasteiger partial charge >= 0.3 is 11.6 Å². The van der Waals surface area contributed by atoms with E-state index in [1.165, 1.54) is 19.1 Å². The number of hydrogen-bond donors (Lipinski definition) is 3. The van der Waals surface area contributed by atoms with Gasteiger partial charge in [0.15, 0.2) is 6.10 Å². The van der Waals surface area contributed by atoms with Crippen LogP contribution in [0.4, 0.5) is 0 Å². The average Bonchev–Trinajstić information content (AvgIpc) is 2.75. The number of nitrogens with one attached hydrogen (secondary N) is 2. The Morgan fingerprint density at radius 2 is 1.77 bits per heavy atom. The molecule has 2 aromatic carbocycles. The van der Waals surface area contributed by atoms with E-state index in [4.69, 9.17) is 14.3 Å². The molecule has 0 saturated heterocycles. The quantitative estimate of drug-likeness (QED) is 0.467. The number of carbonyl (C=O) groups is 3. The molecule has 3 rings (SSSR count). The highest BCUT2D eigenvalue weighted by Gasteiger charge is 2.17. The molecule has 0 saturated carbocycles. The van der Waals surface area contributed by atoms with Gasteiger partial charge in [0.1, 0.15) is 17.9 Å². The maximum atomic E-state index is 12.1. The summed E-state index contributed by atoms with van der Waals surface area (Å²) in [6.07, 6.45) is -0.950. The van der Waals surface area contributed by atoms with Crippen molar-refractivity contribution in [2.45, 2.75) is 13.0 Å². The van der Waals surface area contributed by atoms with Crippen LogP contribution in [0.1, 0.15) is 6.92 Å². The molecule has 3 N–H and O–H groups in total. The molecule has 9 heteroatoms. The lowest BCUT2D eigenvalue weighted by molar-refractivity contribution is -0.137. The van der Waals surface area contributed by atoms with E-state index >= 15 is 0 Å². The second-order valence-corrected chi connectivity index (χ2v) is 6.65. The predicted octanol–water partition coefficient (Wildman–Crippen LogP) is 1.54. The topological polar surface area (TPSA) is 135 Å². The van der Waals surface area contributed by atoms with E-state index in [1.54, 1.807) is 12.1 Å². The largest absolute Gasteiger partial charge is 0.481 e. The first-order valence-corrected chi connectivity index (χ1v) is 9.39. The van der Waals surface area contributed by atoms with E-state index in [0.717, 1.165) is 11.1 Å². The van der Waals surface area contributed by atoms with Crippen molar-refractivity contribution < 1.29 is 28.6 Å². The molecule has 0 aliphatic carbocycles. The van der Waals surface area contributed by atoms with Crippen LogP contribution in [0.2, 0.25) is 0 Å². The van der Waals surface area contributed by atoms with Crippen molar-refractivity contribution in [2.24, 2.45) is 0 Å². The van der Waals surface area contributed by atoms with Gasteiger partial charge in [0.25, 0.3) is 5.91 Å². The second kappa shape index (κ2) is 9.57. The summed E-state index contributed by atoms with van der Waals surface area (Å²) in [5, 5.41) is 13.7. The van der Waals surface area contributed by atoms with Crippen molar-refractivity contribution in [1.82, 2.24) is 10.6 Å². The molecule has 0 radical (unpaired) electrons. The third kappa shape index (κ3) is 5.69. The number of carboxylic acid groups (broad SMARTS) is 1. The molecule has 1 aromatic heterocycles. The van der Waals surface area contributed by atoms with Crippen LogP contribution in [0.3, 0.4) is 0 Å². The fourth-order valence-electron chi connectivity index (χ4n) is 2.88. The summed E-state index contributed by atoms with van der Waals surface area (Å²) >= 11 is 0. The molecule has 2 amide bonds. The first kappa shape index (κ1) is 21.6. The van der Waals surface area contributed by atoms with Crippen molar-refractivity contribution in [3.63, 3.8) is 0 Å². The van der Waals surface area contributed by atoms with Gasteiger partial charge in [-0.2, -0.15) is 0 Å². The van der Waals surface area contributed by atoms with Gasteiger partial charge in [0, 0.05) is 17.5 Å². The third-order valence-corrected chi connectivity index (χ3v) is 4.34. The molecular formula is C22H20N2O7. The molecule has 0 bridgehead atoms. The van der Waals surface area contributed by atoms with E-state index in [9.17, 15) is 19.2 Å². The number of ether oxygens (including phenoxy) is 1. The van der Waals surface area contributed by atoms with E-state index in [-0.39, 0.29) is 6.54 Å². The van der Waals surface area contributed by atoms with E-state index in [2.05, 4.69) is 10.6 Å². The Balaban J connectivity index is 1.71. The van der Waals surface area contributed by atoms with Gasteiger partial charge < -0.3 is 24.9 Å². The summed E-state index contributed by atoms with van der Waals surface area (Å²) in [6.45, 7) is 0.576. The van der Waals surface area contributed by atoms with Crippen LogP contribution in [-0.2, 0) is 14.4 Å². The summed E-state index contributed by atoms with van der Waals surface area (Å²) in [5.74, 6) is -2.08. The molecule has 160 valence electrons. The molecule has 0 spiro atoms. The lowest BCUT2D eigenvalue weighted by Gasteiger charge is -2.15. The van der Waals surface area contributed by atoms with Gasteiger partial charge in [-0.15, -0.1) is 0 Å². The fraction of sp³-hybridized carbons (Fsp3) is 0.182. The number of amides is 2. The molecule has 9 nitrogen and oxygen atoms in total. The molecule has 0 fully saturated rings. The minimum absolute atomic E-state index is 0.304. The number of carboxylic acids is 1. The Kier molecular flexibility index (Phi) is 6.66.